The summed E-state index contributed by atoms with van der Waals surface area (Å²) in [6, 6.07) is 0. The first-order valence-corrected chi connectivity index (χ1v) is 4.62. The maximum absolute atomic E-state index is 8.28. The zero-order valence-electron chi connectivity index (χ0n) is 7.95. The van der Waals surface area contributed by atoms with Crippen LogP contribution >= 0.6 is 0 Å². The average Bonchev–Trinajstić information content (AvgIpc) is 2.58. The van der Waals surface area contributed by atoms with Crippen molar-refractivity contribution in [2.75, 3.05) is 19.8 Å². The maximum Gasteiger partial charge on any atom is 0.269 e. The van der Waals surface area contributed by atoms with Crippen LogP contribution in [0.4, 0.5) is 0 Å². The quantitative estimate of drug-likeness (QED) is 0.642. The summed E-state index contributed by atoms with van der Waals surface area (Å²) in [6.07, 6.45) is 4.22. The fraction of sp³-hybridized carbons (Fsp3) is 0.889. The van der Waals surface area contributed by atoms with E-state index in [1.165, 1.54) is 0 Å². The first kappa shape index (κ1) is 12.8. The molecule has 1 heterocycles. The van der Waals surface area contributed by atoms with Crippen molar-refractivity contribution in [3.63, 3.8) is 0 Å². The highest BCUT2D eigenvalue weighted by atomic mass is 16.8. The monoisotopic (exact) mass is 191 g/mol. The Bertz CT molecular complexity index is 87.6. The van der Waals surface area contributed by atoms with Gasteiger partial charge in [-0.25, -0.2) is 0 Å². The molecule has 13 heavy (non-hydrogen) atoms. The van der Waals surface area contributed by atoms with Crippen LogP contribution in [0.5, 0.6) is 0 Å². The highest BCUT2D eigenvalue weighted by molar-refractivity contribution is 4.41. The Morgan fingerprint density at radius 1 is 1.15 bits per heavy atom. The SMILES string of the molecule is OC1OCCO1.[CH2]CCCCCO. The van der Waals surface area contributed by atoms with Crippen molar-refractivity contribution in [3.05, 3.63) is 6.92 Å². The van der Waals surface area contributed by atoms with E-state index in [-0.39, 0.29) is 0 Å². The third-order valence-electron chi connectivity index (χ3n) is 1.51. The van der Waals surface area contributed by atoms with E-state index in [1.807, 2.05) is 0 Å². The normalized spacial score (nSPS) is 16.8. The second kappa shape index (κ2) is 9.92. The Morgan fingerprint density at radius 3 is 2.08 bits per heavy atom. The lowest BCUT2D eigenvalue weighted by Crippen LogP contribution is -2.03. The molecule has 0 aromatic rings. The van der Waals surface area contributed by atoms with Crippen LogP contribution in [0.1, 0.15) is 25.7 Å². The van der Waals surface area contributed by atoms with Crippen LogP contribution in [-0.2, 0) is 9.47 Å². The van der Waals surface area contributed by atoms with Gasteiger partial charge in [-0.05, 0) is 6.42 Å². The summed E-state index contributed by atoms with van der Waals surface area (Å²) in [5, 5.41) is 16.6. The Hall–Kier alpha value is -0.160. The number of aliphatic hydroxyl groups is 2. The van der Waals surface area contributed by atoms with Gasteiger partial charge < -0.3 is 19.7 Å². The molecule has 1 aliphatic heterocycles. The van der Waals surface area contributed by atoms with Gasteiger partial charge in [-0.15, -0.1) is 0 Å². The van der Waals surface area contributed by atoms with Crippen molar-refractivity contribution < 1.29 is 19.7 Å². The number of ether oxygens (including phenoxy) is 2. The van der Waals surface area contributed by atoms with E-state index in [4.69, 9.17) is 10.2 Å². The van der Waals surface area contributed by atoms with Crippen LogP contribution in [0, 0.1) is 6.92 Å². The summed E-state index contributed by atoms with van der Waals surface area (Å²) in [5.74, 6) is 0. The largest absolute Gasteiger partial charge is 0.396 e. The molecule has 4 heteroatoms. The van der Waals surface area contributed by atoms with E-state index in [2.05, 4.69) is 16.4 Å². The van der Waals surface area contributed by atoms with Crippen LogP contribution in [0.15, 0.2) is 0 Å². The fourth-order valence-electron chi connectivity index (χ4n) is 0.811. The van der Waals surface area contributed by atoms with Crippen LogP contribution in [0.25, 0.3) is 0 Å². The van der Waals surface area contributed by atoms with Gasteiger partial charge >= 0.3 is 0 Å². The topological polar surface area (TPSA) is 58.9 Å². The summed E-state index contributed by atoms with van der Waals surface area (Å²) in [4.78, 5) is 0. The van der Waals surface area contributed by atoms with Crippen molar-refractivity contribution in [3.8, 4) is 0 Å². The summed E-state index contributed by atoms with van der Waals surface area (Å²) in [6.45, 7) is 4.09. The molecule has 0 aliphatic carbocycles. The van der Waals surface area contributed by atoms with E-state index in [0.717, 1.165) is 25.7 Å². The molecule has 1 aliphatic rings. The highest BCUT2D eigenvalue weighted by Crippen LogP contribution is 1.96. The van der Waals surface area contributed by atoms with E-state index < -0.39 is 6.48 Å². The summed E-state index contributed by atoms with van der Waals surface area (Å²) in [7, 11) is 0. The van der Waals surface area contributed by atoms with Crippen molar-refractivity contribution in [2.24, 2.45) is 0 Å². The first-order chi connectivity index (χ1) is 6.31. The number of rotatable bonds is 4. The van der Waals surface area contributed by atoms with Gasteiger partial charge in [-0.3, -0.25) is 0 Å². The molecular formula is C9H19O4. The minimum Gasteiger partial charge on any atom is -0.396 e. The lowest BCUT2D eigenvalue weighted by molar-refractivity contribution is -0.195. The maximum atomic E-state index is 8.28. The van der Waals surface area contributed by atoms with E-state index >= 15 is 0 Å². The zero-order valence-corrected chi connectivity index (χ0v) is 7.95. The molecule has 0 spiro atoms. The van der Waals surface area contributed by atoms with Crippen molar-refractivity contribution >= 4 is 0 Å². The van der Waals surface area contributed by atoms with Gasteiger partial charge in [-0.1, -0.05) is 26.2 Å². The Labute approximate surface area is 79.5 Å². The molecule has 1 fully saturated rings. The van der Waals surface area contributed by atoms with Gasteiger partial charge in [0.05, 0.1) is 13.2 Å². The van der Waals surface area contributed by atoms with E-state index in [9.17, 15) is 0 Å². The lowest BCUT2D eigenvalue weighted by atomic mass is 10.2. The molecule has 1 saturated heterocycles. The van der Waals surface area contributed by atoms with Crippen molar-refractivity contribution in [1.29, 1.82) is 0 Å². The van der Waals surface area contributed by atoms with Crippen LogP contribution in [-0.4, -0.2) is 36.5 Å². The Morgan fingerprint density at radius 2 is 1.77 bits per heavy atom. The standard InChI is InChI=1S/C6H13O.C3H6O3/c1-2-3-4-5-6-7;4-3-5-1-2-6-3/h7H,1-6H2;3-4H,1-2H2. The van der Waals surface area contributed by atoms with Gasteiger partial charge in [0.1, 0.15) is 0 Å². The third-order valence-corrected chi connectivity index (χ3v) is 1.51. The second-order valence-corrected chi connectivity index (χ2v) is 2.69. The molecule has 0 bridgehead atoms. The van der Waals surface area contributed by atoms with Crippen LogP contribution < -0.4 is 0 Å². The molecule has 2 N–H and O–H groups in total. The van der Waals surface area contributed by atoms with Gasteiger partial charge in [0, 0.05) is 6.61 Å². The summed E-state index contributed by atoms with van der Waals surface area (Å²) in [5.41, 5.74) is 0. The van der Waals surface area contributed by atoms with Crippen LogP contribution in [0.2, 0.25) is 0 Å². The summed E-state index contributed by atoms with van der Waals surface area (Å²) >= 11 is 0. The van der Waals surface area contributed by atoms with Crippen molar-refractivity contribution in [2.45, 2.75) is 32.2 Å². The molecule has 4 nitrogen and oxygen atoms in total. The number of hydrogen-bond acceptors (Lipinski definition) is 4. The molecule has 0 aromatic carbocycles. The molecular weight excluding hydrogens is 172 g/mol. The molecule has 1 rings (SSSR count). The fourth-order valence-corrected chi connectivity index (χ4v) is 0.811. The molecule has 0 atom stereocenters. The Kier molecular flexibility index (Phi) is 9.80. The molecule has 0 saturated carbocycles. The zero-order chi connectivity index (χ0) is 9.94. The van der Waals surface area contributed by atoms with E-state index in [0.29, 0.717) is 19.8 Å². The van der Waals surface area contributed by atoms with Gasteiger partial charge in [0.2, 0.25) is 0 Å². The van der Waals surface area contributed by atoms with E-state index in [1.54, 1.807) is 0 Å². The molecule has 0 aromatic heterocycles. The summed E-state index contributed by atoms with van der Waals surface area (Å²) < 4.78 is 8.97. The van der Waals surface area contributed by atoms with Crippen molar-refractivity contribution in [1.82, 2.24) is 0 Å². The lowest BCUT2D eigenvalue weighted by Gasteiger charge is -1.93. The second-order valence-electron chi connectivity index (χ2n) is 2.69. The van der Waals surface area contributed by atoms with Gasteiger partial charge in [-0.2, -0.15) is 0 Å². The molecule has 79 valence electrons. The van der Waals surface area contributed by atoms with Gasteiger partial charge in [0.25, 0.3) is 6.48 Å². The molecule has 0 amide bonds. The predicted octanol–water partition coefficient (Wildman–Crippen LogP) is 0.682. The minimum atomic E-state index is -0.954. The smallest absolute Gasteiger partial charge is 0.269 e. The van der Waals surface area contributed by atoms with Crippen LogP contribution in [0.3, 0.4) is 0 Å². The first-order valence-electron chi connectivity index (χ1n) is 4.62. The highest BCUT2D eigenvalue weighted by Gasteiger charge is 2.09. The Balaban J connectivity index is 0.000000223. The number of aliphatic hydroxyl groups excluding tert-OH is 2. The average molecular weight is 191 g/mol. The predicted molar refractivity (Wildman–Crippen MR) is 48.8 cm³/mol. The number of hydrogen-bond donors (Lipinski definition) is 2. The molecule has 0 unspecified atom stereocenters. The van der Waals surface area contributed by atoms with Gasteiger partial charge in [0.15, 0.2) is 0 Å². The number of unbranched alkanes of at least 4 members (excludes halogenated alkanes) is 3. The molecule has 1 radical (unpaired) electrons. The minimum absolute atomic E-state index is 0.333. The third kappa shape index (κ3) is 9.76.